The summed E-state index contributed by atoms with van der Waals surface area (Å²) >= 11 is 0. The first-order valence-electron chi connectivity index (χ1n) is 6.47. The van der Waals surface area contributed by atoms with Crippen molar-refractivity contribution in [3.63, 3.8) is 0 Å². The van der Waals surface area contributed by atoms with Gasteiger partial charge in [-0.2, -0.15) is 0 Å². The molecule has 0 bridgehead atoms. The Kier molecular flexibility index (Phi) is 7.16. The van der Waals surface area contributed by atoms with Crippen LogP contribution in [0.3, 0.4) is 0 Å². The predicted molar refractivity (Wildman–Crippen MR) is 68.1 cm³/mol. The number of carbonyl (C=O) groups is 1. The lowest BCUT2D eigenvalue weighted by atomic mass is 10.3. The van der Waals surface area contributed by atoms with E-state index in [-0.39, 0.29) is 5.91 Å². The van der Waals surface area contributed by atoms with Crippen LogP contribution in [0.25, 0.3) is 0 Å². The van der Waals surface area contributed by atoms with Gasteiger partial charge >= 0.3 is 0 Å². The Morgan fingerprint density at radius 2 is 2.12 bits per heavy atom. The maximum absolute atomic E-state index is 11.9. The second kappa shape index (κ2) is 8.44. The molecule has 0 aromatic carbocycles. The molecule has 0 radical (unpaired) electrons. The number of carbonyl (C=O) groups excluding carboxylic acids is 1. The van der Waals surface area contributed by atoms with E-state index in [0.717, 1.165) is 52.3 Å². The summed E-state index contributed by atoms with van der Waals surface area (Å²) in [5, 5.41) is 3.09. The molecule has 1 rings (SSSR count). The second-order valence-electron chi connectivity index (χ2n) is 4.35. The Labute approximate surface area is 104 Å². The van der Waals surface area contributed by atoms with E-state index in [4.69, 9.17) is 4.74 Å². The minimum atomic E-state index is 0.223. The van der Waals surface area contributed by atoms with Crippen LogP contribution in [0.2, 0.25) is 0 Å². The molecule has 1 saturated heterocycles. The minimum Gasteiger partial charge on any atom is -0.383 e. The number of nitrogens with one attached hydrogen (secondary N) is 1. The lowest BCUT2D eigenvalue weighted by Gasteiger charge is -2.21. The first-order chi connectivity index (χ1) is 8.27. The number of ether oxygens (including phenoxy) is 1. The quantitative estimate of drug-likeness (QED) is 0.700. The predicted octanol–water partition coefficient (Wildman–Crippen LogP) is -0.223. The molecule has 5 nitrogen and oxygen atoms in total. The van der Waals surface area contributed by atoms with Gasteiger partial charge in [-0.25, -0.2) is 0 Å². The fourth-order valence-electron chi connectivity index (χ4n) is 2.01. The average Bonchev–Trinajstić information content (AvgIpc) is 2.59. The summed E-state index contributed by atoms with van der Waals surface area (Å²) in [6, 6.07) is 0. The van der Waals surface area contributed by atoms with Gasteiger partial charge in [0.05, 0.1) is 13.2 Å². The number of hydrogen-bond acceptors (Lipinski definition) is 4. The summed E-state index contributed by atoms with van der Waals surface area (Å²) in [5.74, 6) is 0.223. The van der Waals surface area contributed by atoms with Crippen molar-refractivity contribution in [3.05, 3.63) is 0 Å². The third-order valence-corrected chi connectivity index (χ3v) is 3.08. The Morgan fingerprint density at radius 1 is 1.29 bits per heavy atom. The molecule has 0 saturated carbocycles. The van der Waals surface area contributed by atoms with E-state index in [1.54, 1.807) is 7.11 Å². The van der Waals surface area contributed by atoms with Crippen molar-refractivity contribution in [3.8, 4) is 0 Å². The first-order valence-corrected chi connectivity index (χ1v) is 6.47. The topological polar surface area (TPSA) is 44.8 Å². The smallest absolute Gasteiger partial charge is 0.236 e. The molecule has 1 heterocycles. The molecule has 0 atom stereocenters. The van der Waals surface area contributed by atoms with Gasteiger partial charge in [-0.3, -0.25) is 9.69 Å². The summed E-state index contributed by atoms with van der Waals surface area (Å²) < 4.78 is 5.08. The molecule has 17 heavy (non-hydrogen) atoms. The molecule has 0 spiro atoms. The van der Waals surface area contributed by atoms with Crippen LogP contribution in [0.1, 0.15) is 13.3 Å². The Bertz CT molecular complexity index is 224. The van der Waals surface area contributed by atoms with Gasteiger partial charge in [0.15, 0.2) is 0 Å². The largest absolute Gasteiger partial charge is 0.383 e. The van der Waals surface area contributed by atoms with Crippen LogP contribution in [0.15, 0.2) is 0 Å². The maximum atomic E-state index is 11.9. The molecular formula is C12H25N3O2. The van der Waals surface area contributed by atoms with E-state index in [1.165, 1.54) is 0 Å². The van der Waals surface area contributed by atoms with E-state index in [2.05, 4.69) is 10.2 Å². The first kappa shape index (κ1) is 14.4. The van der Waals surface area contributed by atoms with Gasteiger partial charge in [0, 0.05) is 33.3 Å². The number of nitrogens with zero attached hydrogens (tertiary/aromatic N) is 2. The Balaban J connectivity index is 2.28. The highest BCUT2D eigenvalue weighted by Gasteiger charge is 2.18. The average molecular weight is 243 g/mol. The number of rotatable bonds is 6. The molecular weight excluding hydrogens is 218 g/mol. The van der Waals surface area contributed by atoms with E-state index >= 15 is 0 Å². The summed E-state index contributed by atoms with van der Waals surface area (Å²) in [4.78, 5) is 16.2. The highest BCUT2D eigenvalue weighted by atomic mass is 16.5. The van der Waals surface area contributed by atoms with Crippen LogP contribution >= 0.6 is 0 Å². The summed E-state index contributed by atoms with van der Waals surface area (Å²) in [6.45, 7) is 8.81. The van der Waals surface area contributed by atoms with Crippen molar-refractivity contribution in [2.24, 2.45) is 0 Å². The molecule has 1 N–H and O–H groups in total. The van der Waals surface area contributed by atoms with E-state index in [0.29, 0.717) is 6.54 Å². The fraction of sp³-hybridized carbons (Fsp3) is 0.917. The molecule has 100 valence electrons. The van der Waals surface area contributed by atoms with Crippen LogP contribution in [0, 0.1) is 0 Å². The van der Waals surface area contributed by atoms with Crippen molar-refractivity contribution in [1.29, 1.82) is 0 Å². The molecule has 1 aliphatic rings. The molecule has 0 aromatic rings. The maximum Gasteiger partial charge on any atom is 0.236 e. The van der Waals surface area contributed by atoms with Crippen LogP contribution in [-0.2, 0) is 9.53 Å². The molecule has 1 aliphatic heterocycles. The zero-order valence-corrected chi connectivity index (χ0v) is 11.1. The van der Waals surface area contributed by atoms with Crippen LogP contribution < -0.4 is 5.32 Å². The van der Waals surface area contributed by atoms with Gasteiger partial charge in [0.1, 0.15) is 0 Å². The Morgan fingerprint density at radius 3 is 2.82 bits per heavy atom. The minimum absolute atomic E-state index is 0.223. The highest BCUT2D eigenvalue weighted by Crippen LogP contribution is 2.03. The summed E-state index contributed by atoms with van der Waals surface area (Å²) in [5.41, 5.74) is 0. The summed E-state index contributed by atoms with van der Waals surface area (Å²) in [7, 11) is 1.73. The third-order valence-electron chi connectivity index (χ3n) is 3.08. The van der Waals surface area contributed by atoms with Crippen molar-refractivity contribution >= 4 is 5.91 Å². The van der Waals surface area contributed by atoms with E-state index in [1.807, 2.05) is 11.8 Å². The molecule has 5 heteroatoms. The van der Waals surface area contributed by atoms with Crippen LogP contribution in [0.4, 0.5) is 0 Å². The summed E-state index contributed by atoms with van der Waals surface area (Å²) in [6.07, 6.45) is 1.06. The zero-order chi connectivity index (χ0) is 12.5. The van der Waals surface area contributed by atoms with Gasteiger partial charge < -0.3 is 15.0 Å². The number of likely N-dealkylation sites (N-methyl/N-ethyl adjacent to an activating group) is 1. The van der Waals surface area contributed by atoms with Crippen LogP contribution in [0.5, 0.6) is 0 Å². The van der Waals surface area contributed by atoms with Crippen molar-refractivity contribution in [2.75, 3.05) is 59.5 Å². The number of amides is 1. The van der Waals surface area contributed by atoms with E-state index < -0.39 is 0 Å². The molecule has 0 aliphatic carbocycles. The molecule has 1 amide bonds. The molecule has 0 unspecified atom stereocenters. The number of methoxy groups -OCH3 is 1. The number of hydrogen-bond donors (Lipinski definition) is 1. The van der Waals surface area contributed by atoms with Gasteiger partial charge in [-0.05, 0) is 19.5 Å². The van der Waals surface area contributed by atoms with Crippen LogP contribution in [-0.4, -0.2) is 75.2 Å². The van der Waals surface area contributed by atoms with Gasteiger partial charge in [0.25, 0.3) is 0 Å². The standard InChI is InChI=1S/C12H25N3O2/c1-3-13-11-12(16)15-6-4-5-14(7-8-15)9-10-17-2/h13H,3-11H2,1-2H3. The zero-order valence-electron chi connectivity index (χ0n) is 11.1. The Hall–Kier alpha value is -0.650. The lowest BCUT2D eigenvalue weighted by Crippen LogP contribution is -2.40. The highest BCUT2D eigenvalue weighted by molar-refractivity contribution is 5.78. The second-order valence-corrected chi connectivity index (χ2v) is 4.35. The molecule has 1 fully saturated rings. The van der Waals surface area contributed by atoms with Gasteiger partial charge in [-0.1, -0.05) is 6.92 Å². The normalized spacial score (nSPS) is 18.1. The monoisotopic (exact) mass is 243 g/mol. The van der Waals surface area contributed by atoms with E-state index in [9.17, 15) is 4.79 Å². The molecule has 0 aromatic heterocycles. The lowest BCUT2D eigenvalue weighted by molar-refractivity contribution is -0.130. The van der Waals surface area contributed by atoms with Gasteiger partial charge in [0.2, 0.25) is 5.91 Å². The third kappa shape index (κ3) is 5.48. The van der Waals surface area contributed by atoms with Crippen molar-refractivity contribution < 1.29 is 9.53 Å². The fourth-order valence-corrected chi connectivity index (χ4v) is 2.01. The van der Waals surface area contributed by atoms with Crippen molar-refractivity contribution in [2.45, 2.75) is 13.3 Å². The SMILES string of the molecule is CCNCC(=O)N1CCCN(CCOC)CC1. The van der Waals surface area contributed by atoms with Crippen molar-refractivity contribution in [1.82, 2.24) is 15.1 Å². The van der Waals surface area contributed by atoms with Gasteiger partial charge in [-0.15, -0.1) is 0 Å².